The van der Waals surface area contributed by atoms with E-state index in [-0.39, 0.29) is 0 Å². The molecule has 0 unspecified atom stereocenters. The van der Waals surface area contributed by atoms with Gasteiger partial charge < -0.3 is 5.73 Å². The van der Waals surface area contributed by atoms with Gasteiger partial charge in [-0.2, -0.15) is 0 Å². The van der Waals surface area contributed by atoms with Crippen LogP contribution in [-0.4, -0.2) is 11.4 Å². The summed E-state index contributed by atoms with van der Waals surface area (Å²) in [6.07, 6.45) is 1.03. The molecule has 0 saturated carbocycles. The first-order valence-electron chi connectivity index (χ1n) is 6.66. The van der Waals surface area contributed by atoms with Crippen molar-refractivity contribution in [1.29, 1.82) is 0 Å². The van der Waals surface area contributed by atoms with Crippen LogP contribution in [0.4, 0.5) is 5.69 Å². The molecule has 0 amide bonds. The summed E-state index contributed by atoms with van der Waals surface area (Å²) in [7, 11) is 0. The standard InChI is InChI=1S/C16H16Cl2N2/c17-13-5-4-12(15(18)8-13)9-20-7-6-11-2-1-3-16(19)14(11)10-20/h1-5,8H,6-7,9-10,19H2. The Morgan fingerprint density at radius 3 is 2.80 bits per heavy atom. The first-order valence-corrected chi connectivity index (χ1v) is 7.41. The number of nitrogen functional groups attached to an aromatic ring is 1. The maximum Gasteiger partial charge on any atom is 0.0465 e. The van der Waals surface area contributed by atoms with Gasteiger partial charge in [0.1, 0.15) is 0 Å². The first kappa shape index (κ1) is 13.7. The van der Waals surface area contributed by atoms with Gasteiger partial charge in [0.25, 0.3) is 0 Å². The monoisotopic (exact) mass is 306 g/mol. The zero-order valence-electron chi connectivity index (χ0n) is 11.1. The molecule has 0 spiro atoms. The van der Waals surface area contributed by atoms with Gasteiger partial charge in [-0.15, -0.1) is 0 Å². The van der Waals surface area contributed by atoms with Crippen molar-refractivity contribution in [2.24, 2.45) is 0 Å². The summed E-state index contributed by atoms with van der Waals surface area (Å²) in [6, 6.07) is 11.8. The minimum absolute atomic E-state index is 0.673. The zero-order chi connectivity index (χ0) is 14.1. The number of nitrogens with zero attached hydrogens (tertiary/aromatic N) is 1. The van der Waals surface area contributed by atoms with E-state index in [1.807, 2.05) is 24.3 Å². The number of hydrogen-bond acceptors (Lipinski definition) is 2. The van der Waals surface area contributed by atoms with Crippen molar-refractivity contribution >= 4 is 28.9 Å². The molecule has 0 atom stereocenters. The van der Waals surface area contributed by atoms with E-state index in [2.05, 4.69) is 11.0 Å². The third-order valence-electron chi connectivity index (χ3n) is 3.80. The molecule has 4 heteroatoms. The molecule has 2 aromatic carbocycles. The number of rotatable bonds is 2. The molecule has 1 heterocycles. The topological polar surface area (TPSA) is 29.3 Å². The lowest BCUT2D eigenvalue weighted by molar-refractivity contribution is 0.246. The quantitative estimate of drug-likeness (QED) is 0.845. The summed E-state index contributed by atoms with van der Waals surface area (Å²) in [5, 5.41) is 1.40. The highest BCUT2D eigenvalue weighted by Crippen LogP contribution is 2.27. The van der Waals surface area contributed by atoms with Gasteiger partial charge in [-0.3, -0.25) is 4.90 Å². The molecule has 2 aromatic rings. The van der Waals surface area contributed by atoms with Crippen LogP contribution in [0.2, 0.25) is 10.0 Å². The van der Waals surface area contributed by atoms with Crippen molar-refractivity contribution in [1.82, 2.24) is 4.90 Å². The van der Waals surface area contributed by atoms with Crippen molar-refractivity contribution in [2.45, 2.75) is 19.5 Å². The molecule has 1 aliphatic rings. The van der Waals surface area contributed by atoms with Crippen LogP contribution in [0.3, 0.4) is 0 Å². The Morgan fingerprint density at radius 1 is 1.15 bits per heavy atom. The number of fused-ring (bicyclic) bond motifs is 1. The second kappa shape index (κ2) is 5.65. The molecule has 0 fully saturated rings. The first-order chi connectivity index (χ1) is 9.63. The average Bonchev–Trinajstić information content (AvgIpc) is 2.43. The van der Waals surface area contributed by atoms with Gasteiger partial charge in [0.05, 0.1) is 0 Å². The smallest absolute Gasteiger partial charge is 0.0465 e. The minimum Gasteiger partial charge on any atom is -0.398 e. The Labute approximate surface area is 129 Å². The molecule has 0 aromatic heterocycles. The second-order valence-electron chi connectivity index (χ2n) is 5.18. The predicted octanol–water partition coefficient (Wildman–Crippen LogP) is 4.13. The van der Waals surface area contributed by atoms with Crippen LogP contribution in [0.15, 0.2) is 36.4 Å². The fraction of sp³-hybridized carbons (Fsp3) is 0.250. The molecule has 0 aliphatic carbocycles. The SMILES string of the molecule is Nc1cccc2c1CN(Cc1ccc(Cl)cc1Cl)CC2. The molecule has 3 rings (SSSR count). The molecular formula is C16H16Cl2N2. The van der Waals surface area contributed by atoms with Crippen LogP contribution < -0.4 is 5.73 Å². The van der Waals surface area contributed by atoms with E-state index < -0.39 is 0 Å². The van der Waals surface area contributed by atoms with Gasteiger partial charge in [-0.05, 0) is 41.3 Å². The van der Waals surface area contributed by atoms with Crippen molar-refractivity contribution in [3.8, 4) is 0 Å². The number of benzene rings is 2. The molecule has 1 aliphatic heterocycles. The Kier molecular flexibility index (Phi) is 3.88. The molecule has 104 valence electrons. The van der Waals surface area contributed by atoms with E-state index in [9.17, 15) is 0 Å². The Hall–Kier alpha value is -1.22. The van der Waals surface area contributed by atoms with Gasteiger partial charge >= 0.3 is 0 Å². The van der Waals surface area contributed by atoms with Gasteiger partial charge in [-0.25, -0.2) is 0 Å². The van der Waals surface area contributed by atoms with Crippen LogP contribution in [0.1, 0.15) is 16.7 Å². The highest BCUT2D eigenvalue weighted by molar-refractivity contribution is 6.35. The normalized spacial score (nSPS) is 15.1. The van der Waals surface area contributed by atoms with E-state index in [1.54, 1.807) is 6.07 Å². The minimum atomic E-state index is 0.673. The summed E-state index contributed by atoms with van der Waals surface area (Å²) in [4.78, 5) is 2.37. The van der Waals surface area contributed by atoms with Crippen LogP contribution in [-0.2, 0) is 19.5 Å². The number of nitrogens with two attached hydrogens (primary N) is 1. The fourth-order valence-electron chi connectivity index (χ4n) is 2.69. The Bertz CT molecular complexity index is 640. The molecule has 0 bridgehead atoms. The molecular weight excluding hydrogens is 291 g/mol. The summed E-state index contributed by atoms with van der Waals surface area (Å²) in [6.45, 7) is 2.72. The van der Waals surface area contributed by atoms with Crippen molar-refractivity contribution in [3.63, 3.8) is 0 Å². The third-order valence-corrected chi connectivity index (χ3v) is 4.38. The highest BCUT2D eigenvalue weighted by Gasteiger charge is 2.18. The summed E-state index contributed by atoms with van der Waals surface area (Å²) < 4.78 is 0. The lowest BCUT2D eigenvalue weighted by Gasteiger charge is -2.29. The number of hydrogen-bond donors (Lipinski definition) is 1. The fourth-order valence-corrected chi connectivity index (χ4v) is 3.16. The maximum atomic E-state index is 6.24. The van der Waals surface area contributed by atoms with Crippen molar-refractivity contribution in [2.75, 3.05) is 12.3 Å². The van der Waals surface area contributed by atoms with Gasteiger partial charge in [-0.1, -0.05) is 41.4 Å². The van der Waals surface area contributed by atoms with Gasteiger partial charge in [0.2, 0.25) is 0 Å². The van der Waals surface area contributed by atoms with E-state index in [0.717, 1.165) is 42.3 Å². The van der Waals surface area contributed by atoms with E-state index in [4.69, 9.17) is 28.9 Å². The second-order valence-corrected chi connectivity index (χ2v) is 6.02. The number of halogens is 2. The van der Waals surface area contributed by atoms with Crippen LogP contribution in [0.5, 0.6) is 0 Å². The average molecular weight is 307 g/mol. The predicted molar refractivity (Wildman–Crippen MR) is 85.1 cm³/mol. The van der Waals surface area contributed by atoms with E-state index >= 15 is 0 Å². The lowest BCUT2D eigenvalue weighted by atomic mass is 9.98. The van der Waals surface area contributed by atoms with E-state index in [1.165, 1.54) is 11.1 Å². The molecule has 20 heavy (non-hydrogen) atoms. The van der Waals surface area contributed by atoms with Gasteiger partial charge in [0, 0.05) is 35.4 Å². The number of anilines is 1. The molecule has 2 nitrogen and oxygen atoms in total. The lowest BCUT2D eigenvalue weighted by Crippen LogP contribution is -2.30. The van der Waals surface area contributed by atoms with Gasteiger partial charge in [0.15, 0.2) is 0 Å². The third kappa shape index (κ3) is 2.78. The summed E-state index contributed by atoms with van der Waals surface area (Å²) >= 11 is 12.2. The maximum absolute atomic E-state index is 6.24. The van der Waals surface area contributed by atoms with E-state index in [0.29, 0.717) is 5.02 Å². The van der Waals surface area contributed by atoms with Crippen molar-refractivity contribution in [3.05, 3.63) is 63.1 Å². The summed E-state index contributed by atoms with van der Waals surface area (Å²) in [5.74, 6) is 0. The zero-order valence-corrected chi connectivity index (χ0v) is 12.6. The molecule has 2 N–H and O–H groups in total. The summed E-state index contributed by atoms with van der Waals surface area (Å²) in [5.41, 5.74) is 10.7. The van der Waals surface area contributed by atoms with Crippen LogP contribution >= 0.6 is 23.2 Å². The van der Waals surface area contributed by atoms with Crippen LogP contribution in [0.25, 0.3) is 0 Å². The molecule has 0 radical (unpaired) electrons. The Morgan fingerprint density at radius 2 is 2.00 bits per heavy atom. The Balaban J connectivity index is 1.79. The largest absolute Gasteiger partial charge is 0.398 e. The van der Waals surface area contributed by atoms with Crippen molar-refractivity contribution < 1.29 is 0 Å². The highest BCUT2D eigenvalue weighted by atomic mass is 35.5. The van der Waals surface area contributed by atoms with Crippen LogP contribution in [0, 0.1) is 0 Å². The molecule has 0 saturated heterocycles.